The van der Waals surface area contributed by atoms with Crippen LogP contribution >= 0.6 is 11.6 Å². The minimum absolute atomic E-state index is 0.233. The first-order valence-corrected chi connectivity index (χ1v) is 11.5. The molecular weight excluding hydrogens is 446 g/mol. The number of imidazole rings is 1. The van der Waals surface area contributed by atoms with Gasteiger partial charge in [0.2, 0.25) is 5.82 Å². The average molecular weight is 470 g/mol. The minimum Gasteiger partial charge on any atom is -0.363 e. The molecule has 2 saturated heterocycles. The summed E-state index contributed by atoms with van der Waals surface area (Å²) in [5.74, 6) is 0.648. The third kappa shape index (κ3) is 3.13. The van der Waals surface area contributed by atoms with Gasteiger partial charge < -0.3 is 14.0 Å². The van der Waals surface area contributed by atoms with Gasteiger partial charge in [-0.25, -0.2) is 4.98 Å². The van der Waals surface area contributed by atoms with Gasteiger partial charge in [-0.05, 0) is 58.6 Å². The molecule has 2 aliphatic rings. The molecule has 0 aliphatic carbocycles. The van der Waals surface area contributed by atoms with Gasteiger partial charge in [0, 0.05) is 6.61 Å². The van der Waals surface area contributed by atoms with E-state index in [1.807, 2.05) is 32.9 Å². The molecule has 2 unspecified atom stereocenters. The Morgan fingerprint density at radius 2 is 2.03 bits per heavy atom. The predicted molar refractivity (Wildman–Crippen MR) is 121 cm³/mol. The lowest BCUT2D eigenvalue weighted by Crippen LogP contribution is -2.39. The fourth-order valence-corrected chi connectivity index (χ4v) is 5.29. The number of hydrogen-bond acceptors (Lipinski definition) is 7. The fraction of sp³-hybridized carbons (Fsp3) is 0.478. The van der Waals surface area contributed by atoms with Gasteiger partial charge in [-0.3, -0.25) is 13.8 Å². The van der Waals surface area contributed by atoms with Gasteiger partial charge in [-0.2, -0.15) is 4.98 Å². The van der Waals surface area contributed by atoms with Crippen LogP contribution in [0, 0.1) is 0 Å². The van der Waals surface area contributed by atoms with Gasteiger partial charge in [-0.15, -0.1) is 0 Å². The molecule has 172 valence electrons. The van der Waals surface area contributed by atoms with Crippen molar-refractivity contribution in [3.05, 3.63) is 45.8 Å². The molecule has 6 rings (SSSR count). The summed E-state index contributed by atoms with van der Waals surface area (Å²) in [7, 11) is 0. The molecular formula is C23H24ClN5O4. The Morgan fingerprint density at radius 1 is 1.18 bits per heavy atom. The Balaban J connectivity index is 1.57. The standard InChI is InChI=1S/C23H24ClN5O4/c1-22(2)10-8-15(32-22)20-26-19(27-33-20)16-18-21(30)29(23(3)9-5-11-31-23)17-13(24)6-4-7-14(17)28(18)12-25-16/h4,6-7,12,15H,5,8-11H2,1-3H3. The van der Waals surface area contributed by atoms with Crippen molar-refractivity contribution in [2.75, 3.05) is 6.61 Å². The van der Waals surface area contributed by atoms with Crippen LogP contribution in [0.1, 0.15) is 58.4 Å². The zero-order valence-electron chi connectivity index (χ0n) is 18.7. The molecule has 0 amide bonds. The summed E-state index contributed by atoms with van der Waals surface area (Å²) in [5, 5.41) is 4.61. The molecule has 2 fully saturated rings. The number of aromatic nitrogens is 5. The number of hydrogen-bond donors (Lipinski definition) is 0. The van der Waals surface area contributed by atoms with Crippen molar-refractivity contribution in [2.24, 2.45) is 0 Å². The van der Waals surface area contributed by atoms with Crippen LogP contribution in [0.15, 0.2) is 33.8 Å². The summed E-state index contributed by atoms with van der Waals surface area (Å²) >= 11 is 6.60. The molecule has 9 nitrogen and oxygen atoms in total. The zero-order chi connectivity index (χ0) is 23.0. The van der Waals surface area contributed by atoms with Crippen LogP contribution in [0.5, 0.6) is 0 Å². The van der Waals surface area contributed by atoms with E-state index in [0.29, 0.717) is 40.7 Å². The fourth-order valence-electron chi connectivity index (χ4n) is 5.04. The first-order valence-electron chi connectivity index (χ1n) is 11.1. The van der Waals surface area contributed by atoms with Crippen LogP contribution in [0.2, 0.25) is 5.02 Å². The Labute approximate surface area is 194 Å². The van der Waals surface area contributed by atoms with Gasteiger partial charge in [0.05, 0.1) is 21.7 Å². The maximum absolute atomic E-state index is 13.9. The van der Waals surface area contributed by atoms with Gasteiger partial charge >= 0.3 is 0 Å². The van der Waals surface area contributed by atoms with Gasteiger partial charge in [-0.1, -0.05) is 22.8 Å². The van der Waals surface area contributed by atoms with Crippen molar-refractivity contribution in [1.82, 2.24) is 24.1 Å². The highest BCUT2D eigenvalue weighted by atomic mass is 35.5. The highest BCUT2D eigenvalue weighted by Crippen LogP contribution is 2.39. The smallest absolute Gasteiger partial charge is 0.280 e. The van der Waals surface area contributed by atoms with E-state index in [1.54, 1.807) is 21.4 Å². The third-order valence-electron chi connectivity index (χ3n) is 6.69. The molecule has 0 saturated carbocycles. The highest BCUT2D eigenvalue weighted by molar-refractivity contribution is 6.35. The lowest BCUT2D eigenvalue weighted by Gasteiger charge is -2.28. The molecule has 0 N–H and O–H groups in total. The van der Waals surface area contributed by atoms with E-state index >= 15 is 0 Å². The second-order valence-electron chi connectivity index (χ2n) is 9.55. The molecule has 2 aliphatic heterocycles. The maximum Gasteiger partial charge on any atom is 0.280 e. The Bertz CT molecular complexity index is 1450. The second kappa shape index (κ2) is 7.12. The summed E-state index contributed by atoms with van der Waals surface area (Å²) in [6.07, 6.45) is 4.59. The Hall–Kier alpha value is -2.75. The summed E-state index contributed by atoms with van der Waals surface area (Å²) in [6, 6.07) is 5.53. The van der Waals surface area contributed by atoms with E-state index < -0.39 is 5.72 Å². The van der Waals surface area contributed by atoms with Gasteiger partial charge in [0.1, 0.15) is 29.4 Å². The second-order valence-corrected chi connectivity index (χ2v) is 9.96. The van der Waals surface area contributed by atoms with E-state index in [1.165, 1.54) is 0 Å². The maximum atomic E-state index is 13.9. The van der Waals surface area contributed by atoms with Crippen LogP contribution in [0.4, 0.5) is 0 Å². The number of fused-ring (bicyclic) bond motifs is 3. The normalized spacial score (nSPS) is 24.9. The van der Waals surface area contributed by atoms with E-state index in [2.05, 4.69) is 15.1 Å². The summed E-state index contributed by atoms with van der Waals surface area (Å²) in [6.45, 7) is 6.58. The molecule has 1 aromatic carbocycles. The predicted octanol–water partition coefficient (Wildman–Crippen LogP) is 4.47. The molecule has 2 atom stereocenters. The number of ether oxygens (including phenoxy) is 2. The summed E-state index contributed by atoms with van der Waals surface area (Å²) < 4.78 is 21.0. The number of benzene rings is 1. The van der Waals surface area contributed by atoms with Crippen molar-refractivity contribution in [1.29, 1.82) is 0 Å². The lowest BCUT2D eigenvalue weighted by atomic mass is 10.1. The largest absolute Gasteiger partial charge is 0.363 e. The van der Waals surface area contributed by atoms with Crippen molar-refractivity contribution in [3.8, 4) is 11.5 Å². The number of rotatable bonds is 3. The Morgan fingerprint density at radius 3 is 2.76 bits per heavy atom. The Kier molecular flexibility index (Phi) is 4.50. The van der Waals surface area contributed by atoms with Crippen LogP contribution in [-0.2, 0) is 15.2 Å². The molecule has 3 aromatic heterocycles. The SMILES string of the molecule is CC1(C)CCC(c2nc(-c3ncn4c3c(=O)n(C3(C)CCCO3)c3c(Cl)cccc34)no2)O1. The molecule has 4 aromatic rings. The zero-order valence-corrected chi connectivity index (χ0v) is 19.4. The summed E-state index contributed by atoms with van der Waals surface area (Å²) in [5.41, 5.74) is 0.749. The van der Waals surface area contributed by atoms with E-state index in [9.17, 15) is 4.79 Å². The van der Waals surface area contributed by atoms with Crippen molar-refractivity contribution in [3.63, 3.8) is 0 Å². The molecule has 0 radical (unpaired) electrons. The van der Waals surface area contributed by atoms with Crippen molar-refractivity contribution >= 4 is 28.2 Å². The first kappa shape index (κ1) is 20.8. The first-order chi connectivity index (χ1) is 15.8. The lowest BCUT2D eigenvalue weighted by molar-refractivity contribution is -0.0447. The quantitative estimate of drug-likeness (QED) is 0.436. The molecule has 33 heavy (non-hydrogen) atoms. The van der Waals surface area contributed by atoms with Crippen LogP contribution in [0.25, 0.3) is 28.1 Å². The number of halogens is 1. The van der Waals surface area contributed by atoms with Crippen LogP contribution < -0.4 is 5.56 Å². The van der Waals surface area contributed by atoms with Gasteiger partial charge in [0.25, 0.3) is 11.4 Å². The summed E-state index contributed by atoms with van der Waals surface area (Å²) in [4.78, 5) is 23.0. The van der Waals surface area contributed by atoms with Crippen LogP contribution in [0.3, 0.4) is 0 Å². The van der Waals surface area contributed by atoms with E-state index in [0.717, 1.165) is 24.8 Å². The topological polar surface area (TPSA) is 96.7 Å². The number of nitrogens with zero attached hydrogens (tertiary/aromatic N) is 5. The van der Waals surface area contributed by atoms with E-state index in [-0.39, 0.29) is 23.1 Å². The minimum atomic E-state index is -0.810. The molecule has 0 spiro atoms. The van der Waals surface area contributed by atoms with Crippen molar-refractivity contribution in [2.45, 2.75) is 63.9 Å². The third-order valence-corrected chi connectivity index (χ3v) is 7.00. The number of para-hydroxylation sites is 1. The monoisotopic (exact) mass is 469 g/mol. The average Bonchev–Trinajstić information content (AvgIpc) is 3.54. The molecule has 10 heteroatoms. The van der Waals surface area contributed by atoms with Gasteiger partial charge in [0.15, 0.2) is 0 Å². The molecule has 0 bridgehead atoms. The van der Waals surface area contributed by atoms with Crippen LogP contribution in [-0.4, -0.2) is 36.3 Å². The highest BCUT2D eigenvalue weighted by Gasteiger charge is 2.38. The van der Waals surface area contributed by atoms with E-state index in [4.69, 9.17) is 25.6 Å². The van der Waals surface area contributed by atoms with Crippen molar-refractivity contribution < 1.29 is 14.0 Å². The molecule has 5 heterocycles.